The average molecular weight is 183 g/mol. The van der Waals surface area contributed by atoms with Gasteiger partial charge in [0.25, 0.3) is 5.91 Å². The second kappa shape index (κ2) is 2.47. The van der Waals surface area contributed by atoms with Gasteiger partial charge in [0.2, 0.25) is 0 Å². The molecule has 0 unspecified atom stereocenters. The largest absolute Gasteiger partial charge is 0.366 e. The molecule has 0 aromatic carbocycles. The van der Waals surface area contributed by atoms with Gasteiger partial charge in [-0.15, -0.1) is 0 Å². The van der Waals surface area contributed by atoms with Gasteiger partial charge in [0.15, 0.2) is 6.10 Å². The Morgan fingerprint density at radius 3 is 2.69 bits per heavy atom. The van der Waals surface area contributed by atoms with Gasteiger partial charge in [-0.2, -0.15) is 0 Å². The van der Waals surface area contributed by atoms with E-state index < -0.39 is 0 Å². The molecule has 2 aliphatic heterocycles. The van der Waals surface area contributed by atoms with Crippen molar-refractivity contribution in [2.24, 2.45) is 5.41 Å². The van der Waals surface area contributed by atoms with E-state index in [1.807, 2.05) is 4.90 Å². The van der Waals surface area contributed by atoms with Crippen LogP contribution in [0.15, 0.2) is 0 Å². The van der Waals surface area contributed by atoms with E-state index >= 15 is 0 Å². The number of nitrogens with zero attached hydrogens (tertiary/aromatic N) is 1. The van der Waals surface area contributed by atoms with Crippen LogP contribution in [0.5, 0.6) is 0 Å². The first kappa shape index (κ1) is 9.00. The first-order valence-corrected chi connectivity index (χ1v) is 4.89. The molecule has 2 rings (SSSR count). The highest BCUT2D eigenvalue weighted by Gasteiger charge is 2.60. The van der Waals surface area contributed by atoms with Crippen LogP contribution in [0.25, 0.3) is 0 Å². The molecule has 2 atom stereocenters. The standard InChI is InChI=1S/C10H17NO2/c1-6(2)11-8-7(9(11)12)13-5-10(8,3)4/h6-8H,5H2,1-4H3/t7-,8-/m1/s1. The maximum absolute atomic E-state index is 11.6. The summed E-state index contributed by atoms with van der Waals surface area (Å²) in [5.74, 6) is 0.172. The highest BCUT2D eigenvalue weighted by atomic mass is 16.5. The minimum Gasteiger partial charge on any atom is -0.366 e. The Labute approximate surface area is 79.0 Å². The van der Waals surface area contributed by atoms with Crippen molar-refractivity contribution in [3.8, 4) is 0 Å². The second-order valence-corrected chi connectivity index (χ2v) is 5.00. The maximum atomic E-state index is 11.6. The van der Waals surface area contributed by atoms with E-state index in [9.17, 15) is 4.79 Å². The zero-order valence-corrected chi connectivity index (χ0v) is 8.70. The van der Waals surface area contributed by atoms with Crippen molar-refractivity contribution in [2.75, 3.05) is 6.61 Å². The summed E-state index contributed by atoms with van der Waals surface area (Å²) in [7, 11) is 0. The maximum Gasteiger partial charge on any atom is 0.254 e. The molecule has 2 heterocycles. The molecular formula is C10H17NO2. The Bertz CT molecular complexity index is 247. The number of likely N-dealkylation sites (tertiary alicyclic amines) is 1. The van der Waals surface area contributed by atoms with Gasteiger partial charge in [-0.25, -0.2) is 0 Å². The zero-order chi connectivity index (χ0) is 9.80. The van der Waals surface area contributed by atoms with E-state index in [0.717, 1.165) is 0 Å². The number of ether oxygens (including phenoxy) is 1. The summed E-state index contributed by atoms with van der Waals surface area (Å²) < 4.78 is 5.47. The third-order valence-electron chi connectivity index (χ3n) is 3.08. The van der Waals surface area contributed by atoms with Crippen molar-refractivity contribution in [1.29, 1.82) is 0 Å². The molecule has 0 N–H and O–H groups in total. The minimum atomic E-state index is -0.141. The minimum absolute atomic E-state index is 0.128. The van der Waals surface area contributed by atoms with E-state index in [1.54, 1.807) is 0 Å². The summed E-state index contributed by atoms with van der Waals surface area (Å²) in [6.45, 7) is 9.15. The van der Waals surface area contributed by atoms with Gasteiger partial charge in [0, 0.05) is 11.5 Å². The molecule has 0 aromatic rings. The van der Waals surface area contributed by atoms with Gasteiger partial charge in [-0.3, -0.25) is 4.79 Å². The van der Waals surface area contributed by atoms with E-state index in [4.69, 9.17) is 4.74 Å². The Balaban J connectivity index is 2.21. The van der Waals surface area contributed by atoms with Crippen LogP contribution in [0.3, 0.4) is 0 Å². The molecule has 13 heavy (non-hydrogen) atoms. The monoisotopic (exact) mass is 183 g/mol. The normalized spacial score (nSPS) is 36.4. The van der Waals surface area contributed by atoms with Gasteiger partial charge < -0.3 is 9.64 Å². The predicted molar refractivity (Wildman–Crippen MR) is 49.3 cm³/mol. The van der Waals surface area contributed by atoms with Gasteiger partial charge in [-0.1, -0.05) is 13.8 Å². The van der Waals surface area contributed by atoms with Crippen LogP contribution >= 0.6 is 0 Å². The SMILES string of the molecule is CC(C)N1C(=O)[C@@H]2OCC(C)(C)[C@@H]21. The molecule has 0 saturated carbocycles. The predicted octanol–water partition coefficient (Wildman–Crippen LogP) is 1.03. The zero-order valence-electron chi connectivity index (χ0n) is 8.70. The molecule has 0 radical (unpaired) electrons. The Hall–Kier alpha value is -0.570. The van der Waals surface area contributed by atoms with Crippen LogP contribution in [-0.2, 0) is 9.53 Å². The fourth-order valence-electron chi connectivity index (χ4n) is 2.40. The lowest BCUT2D eigenvalue weighted by atomic mass is 9.78. The Morgan fingerprint density at radius 1 is 1.54 bits per heavy atom. The van der Waals surface area contributed by atoms with Crippen LogP contribution in [-0.4, -0.2) is 35.6 Å². The van der Waals surface area contributed by atoms with Gasteiger partial charge in [-0.05, 0) is 13.8 Å². The third-order valence-corrected chi connectivity index (χ3v) is 3.08. The van der Waals surface area contributed by atoms with Crippen molar-refractivity contribution in [3.05, 3.63) is 0 Å². The lowest BCUT2D eigenvalue weighted by Crippen LogP contribution is -2.68. The Kier molecular flexibility index (Phi) is 1.71. The second-order valence-electron chi connectivity index (χ2n) is 5.00. The first-order chi connectivity index (χ1) is 5.95. The third kappa shape index (κ3) is 1.03. The van der Waals surface area contributed by atoms with Crippen molar-refractivity contribution in [1.82, 2.24) is 4.90 Å². The van der Waals surface area contributed by atoms with Crippen molar-refractivity contribution in [2.45, 2.75) is 45.9 Å². The molecule has 0 spiro atoms. The summed E-state index contributed by atoms with van der Waals surface area (Å²) in [5.41, 5.74) is 0.128. The van der Waals surface area contributed by atoms with Crippen LogP contribution < -0.4 is 0 Å². The van der Waals surface area contributed by atoms with Crippen LogP contribution in [0.1, 0.15) is 27.7 Å². The van der Waals surface area contributed by atoms with Crippen molar-refractivity contribution < 1.29 is 9.53 Å². The molecule has 0 aliphatic carbocycles. The number of carbonyl (C=O) groups excluding carboxylic acids is 1. The number of rotatable bonds is 1. The van der Waals surface area contributed by atoms with E-state index in [2.05, 4.69) is 27.7 Å². The average Bonchev–Trinajstić information content (AvgIpc) is 2.22. The number of hydrogen-bond acceptors (Lipinski definition) is 2. The molecule has 2 fully saturated rings. The van der Waals surface area contributed by atoms with Gasteiger partial charge in [0.1, 0.15) is 0 Å². The van der Waals surface area contributed by atoms with Crippen molar-refractivity contribution in [3.63, 3.8) is 0 Å². The number of carbonyl (C=O) groups is 1. The van der Waals surface area contributed by atoms with Gasteiger partial charge >= 0.3 is 0 Å². The van der Waals surface area contributed by atoms with Crippen molar-refractivity contribution >= 4 is 5.91 Å². The molecular weight excluding hydrogens is 166 g/mol. The lowest BCUT2D eigenvalue weighted by Gasteiger charge is -2.49. The Morgan fingerprint density at radius 2 is 2.15 bits per heavy atom. The van der Waals surface area contributed by atoms with E-state index in [-0.39, 0.29) is 17.4 Å². The molecule has 0 bridgehead atoms. The number of fused-ring (bicyclic) bond motifs is 1. The molecule has 74 valence electrons. The first-order valence-electron chi connectivity index (χ1n) is 4.89. The van der Waals surface area contributed by atoms with Crippen LogP contribution in [0, 0.1) is 5.41 Å². The summed E-state index contributed by atoms with van der Waals surface area (Å²) in [6.07, 6.45) is -0.141. The quantitative estimate of drug-likeness (QED) is 0.568. The summed E-state index contributed by atoms with van der Waals surface area (Å²) >= 11 is 0. The summed E-state index contributed by atoms with van der Waals surface area (Å²) in [5, 5.41) is 0. The smallest absolute Gasteiger partial charge is 0.254 e. The fraction of sp³-hybridized carbons (Fsp3) is 0.900. The molecule has 2 aliphatic rings. The van der Waals surface area contributed by atoms with E-state index in [1.165, 1.54) is 0 Å². The van der Waals surface area contributed by atoms with Crippen LogP contribution in [0.4, 0.5) is 0 Å². The number of hydrogen-bond donors (Lipinski definition) is 0. The highest BCUT2D eigenvalue weighted by molar-refractivity contribution is 5.89. The number of β-lactam (4-membered cyclic amide) rings is 1. The topological polar surface area (TPSA) is 29.5 Å². The molecule has 0 aromatic heterocycles. The number of amides is 1. The molecule has 2 saturated heterocycles. The van der Waals surface area contributed by atoms with Crippen LogP contribution in [0.2, 0.25) is 0 Å². The summed E-state index contributed by atoms with van der Waals surface area (Å²) in [4.78, 5) is 13.5. The fourth-order valence-corrected chi connectivity index (χ4v) is 2.40. The molecule has 1 amide bonds. The van der Waals surface area contributed by atoms with Gasteiger partial charge in [0.05, 0.1) is 12.6 Å². The van der Waals surface area contributed by atoms with E-state index in [0.29, 0.717) is 18.7 Å². The molecule has 3 nitrogen and oxygen atoms in total. The summed E-state index contributed by atoms with van der Waals surface area (Å²) in [6, 6.07) is 0.606. The highest BCUT2D eigenvalue weighted by Crippen LogP contribution is 2.44. The lowest BCUT2D eigenvalue weighted by molar-refractivity contribution is -0.167. The molecule has 3 heteroatoms.